The summed E-state index contributed by atoms with van der Waals surface area (Å²) in [6.07, 6.45) is 0.168. The minimum Gasteiger partial charge on any atom is -0.326 e. The van der Waals surface area contributed by atoms with Crippen LogP contribution in [-0.2, 0) is 11.3 Å². The van der Waals surface area contributed by atoms with Crippen LogP contribution in [-0.4, -0.2) is 20.6 Å². The monoisotopic (exact) mass is 444 g/mol. The van der Waals surface area contributed by atoms with E-state index >= 15 is 0 Å². The predicted octanol–water partition coefficient (Wildman–Crippen LogP) is 5.55. The molecule has 0 atom stereocenters. The first-order chi connectivity index (χ1) is 14.2. The van der Waals surface area contributed by atoms with E-state index in [4.69, 9.17) is 11.6 Å². The highest BCUT2D eigenvalue weighted by molar-refractivity contribution is 7.99. The summed E-state index contributed by atoms with van der Waals surface area (Å²) in [6, 6.07) is 12.5. The number of aryl methyl sites for hydroxylation is 3. The molecule has 3 rings (SSSR count). The maximum Gasteiger partial charge on any atom is 0.272 e. The van der Waals surface area contributed by atoms with E-state index in [1.54, 1.807) is 10.7 Å². The maximum atomic E-state index is 12.4. The molecule has 0 bridgehead atoms. The number of hydrogen-bond acceptors (Lipinski definition) is 5. The Morgan fingerprint density at radius 1 is 1.17 bits per heavy atom. The number of benzene rings is 2. The van der Waals surface area contributed by atoms with Crippen LogP contribution in [0.4, 0.5) is 11.4 Å². The lowest BCUT2D eigenvalue weighted by Gasteiger charge is -2.09. The number of halogens is 1. The van der Waals surface area contributed by atoms with Crippen LogP contribution in [0.15, 0.2) is 52.3 Å². The molecule has 0 saturated carbocycles. The lowest BCUT2D eigenvalue weighted by atomic mass is 10.2. The third kappa shape index (κ3) is 5.40. The van der Waals surface area contributed by atoms with E-state index in [9.17, 15) is 14.9 Å². The summed E-state index contributed by atoms with van der Waals surface area (Å²) < 4.78 is 1.68. The second-order valence-corrected chi connectivity index (χ2v) is 8.42. The number of non-ortho nitro benzene ring substituents is 1. The summed E-state index contributed by atoms with van der Waals surface area (Å²) in [7, 11) is 0. The third-order valence-corrected chi connectivity index (χ3v) is 6.01. The van der Waals surface area contributed by atoms with Crippen LogP contribution in [0.1, 0.15) is 23.4 Å². The molecular formula is C21H21ClN4O3S. The number of nitrogens with one attached hydrogen (secondary N) is 1. The average Bonchev–Trinajstić information content (AvgIpc) is 2.94. The van der Waals surface area contributed by atoms with Gasteiger partial charge in [-0.3, -0.25) is 19.6 Å². The molecule has 3 aromatic rings. The fourth-order valence-corrected chi connectivity index (χ4v) is 3.93. The zero-order valence-corrected chi connectivity index (χ0v) is 18.4. The molecule has 0 aliphatic carbocycles. The zero-order valence-electron chi connectivity index (χ0n) is 16.8. The Balaban J connectivity index is 1.72. The largest absolute Gasteiger partial charge is 0.326 e. The molecule has 7 nitrogen and oxygen atoms in total. The summed E-state index contributed by atoms with van der Waals surface area (Å²) in [5.74, 6) is -0.259. The summed E-state index contributed by atoms with van der Waals surface area (Å²) in [5, 5.41) is 19.0. The Bertz CT molecular complexity index is 1100. The molecule has 0 fully saturated rings. The molecule has 0 aliphatic heterocycles. The number of anilines is 1. The van der Waals surface area contributed by atoms with Crippen molar-refractivity contribution in [2.45, 2.75) is 43.5 Å². The van der Waals surface area contributed by atoms with Crippen LogP contribution >= 0.6 is 23.4 Å². The summed E-state index contributed by atoms with van der Waals surface area (Å²) in [4.78, 5) is 24.9. The van der Waals surface area contributed by atoms with Crippen LogP contribution in [0.2, 0.25) is 5.02 Å². The zero-order chi connectivity index (χ0) is 21.8. The van der Waals surface area contributed by atoms with Crippen molar-refractivity contribution in [3.63, 3.8) is 0 Å². The van der Waals surface area contributed by atoms with Crippen molar-refractivity contribution in [1.82, 2.24) is 9.78 Å². The van der Waals surface area contributed by atoms with Crippen molar-refractivity contribution in [2.75, 3.05) is 5.32 Å². The minimum absolute atomic E-state index is 0.0762. The molecule has 30 heavy (non-hydrogen) atoms. The molecule has 0 saturated heterocycles. The van der Waals surface area contributed by atoms with Gasteiger partial charge < -0.3 is 5.32 Å². The van der Waals surface area contributed by atoms with Gasteiger partial charge in [-0.25, -0.2) is 0 Å². The molecule has 2 aromatic carbocycles. The van der Waals surface area contributed by atoms with Crippen molar-refractivity contribution in [3.05, 3.63) is 74.6 Å². The van der Waals surface area contributed by atoms with Gasteiger partial charge in [0, 0.05) is 34.0 Å². The number of nitro benzene ring substituents is 1. The number of amides is 1. The molecule has 156 valence electrons. The topological polar surface area (TPSA) is 90.1 Å². The van der Waals surface area contributed by atoms with Crippen LogP contribution in [0.5, 0.6) is 0 Å². The Morgan fingerprint density at radius 3 is 2.47 bits per heavy atom. The fourth-order valence-electron chi connectivity index (χ4n) is 2.89. The van der Waals surface area contributed by atoms with Crippen LogP contribution in [0.25, 0.3) is 0 Å². The van der Waals surface area contributed by atoms with Crippen molar-refractivity contribution in [1.29, 1.82) is 0 Å². The van der Waals surface area contributed by atoms with E-state index in [0.717, 1.165) is 16.2 Å². The second kappa shape index (κ2) is 9.32. The molecule has 9 heteroatoms. The van der Waals surface area contributed by atoms with Gasteiger partial charge in [-0.05, 0) is 39.0 Å². The van der Waals surface area contributed by atoms with Crippen LogP contribution < -0.4 is 5.32 Å². The first kappa shape index (κ1) is 21.9. The number of rotatable bonds is 7. The Hall–Kier alpha value is -2.84. The molecule has 0 spiro atoms. The number of nitrogens with zero attached hydrogens (tertiary/aromatic N) is 3. The van der Waals surface area contributed by atoms with E-state index < -0.39 is 4.92 Å². The molecule has 0 unspecified atom stereocenters. The van der Waals surface area contributed by atoms with Gasteiger partial charge >= 0.3 is 0 Å². The standard InChI is InChI=1S/C21H21ClN4O3S/c1-13-4-6-18(7-5-13)30-19-11-16(10-17(12-19)26(28)29)23-20(27)8-9-25-15(3)21(22)14(2)24-25/h4-7,10-12H,8-9H2,1-3H3,(H,23,27). The molecule has 1 N–H and O–H groups in total. The molecule has 0 radical (unpaired) electrons. The van der Waals surface area contributed by atoms with E-state index in [1.165, 1.54) is 23.9 Å². The van der Waals surface area contributed by atoms with Gasteiger partial charge in [-0.2, -0.15) is 5.10 Å². The van der Waals surface area contributed by atoms with Crippen molar-refractivity contribution in [3.8, 4) is 0 Å². The number of carbonyl (C=O) groups is 1. The van der Waals surface area contributed by atoms with Gasteiger partial charge in [0.1, 0.15) is 0 Å². The predicted molar refractivity (Wildman–Crippen MR) is 118 cm³/mol. The SMILES string of the molecule is Cc1ccc(Sc2cc(NC(=O)CCn3nc(C)c(Cl)c3C)cc([N+](=O)[O-])c2)cc1. The van der Waals surface area contributed by atoms with Gasteiger partial charge in [-0.1, -0.05) is 41.1 Å². The van der Waals surface area contributed by atoms with E-state index in [-0.39, 0.29) is 18.0 Å². The first-order valence-corrected chi connectivity index (χ1v) is 10.5. The third-order valence-electron chi connectivity index (χ3n) is 4.49. The Kier molecular flexibility index (Phi) is 6.79. The lowest BCUT2D eigenvalue weighted by Crippen LogP contribution is -2.15. The van der Waals surface area contributed by atoms with Gasteiger partial charge in [0.2, 0.25) is 5.91 Å². The quantitative estimate of drug-likeness (QED) is 0.381. The molecule has 0 aliphatic rings. The highest BCUT2D eigenvalue weighted by Crippen LogP contribution is 2.33. The number of hydrogen-bond donors (Lipinski definition) is 1. The Morgan fingerprint density at radius 2 is 1.87 bits per heavy atom. The second-order valence-electron chi connectivity index (χ2n) is 6.89. The summed E-state index contributed by atoms with van der Waals surface area (Å²) in [6.45, 7) is 6.01. The first-order valence-electron chi connectivity index (χ1n) is 9.26. The fraction of sp³-hybridized carbons (Fsp3) is 0.238. The van der Waals surface area contributed by atoms with E-state index in [1.807, 2.05) is 45.0 Å². The average molecular weight is 445 g/mol. The molecular weight excluding hydrogens is 424 g/mol. The summed E-state index contributed by atoms with van der Waals surface area (Å²) in [5.41, 5.74) is 2.96. The number of aromatic nitrogens is 2. The van der Waals surface area contributed by atoms with E-state index in [2.05, 4.69) is 10.4 Å². The van der Waals surface area contributed by atoms with Crippen LogP contribution in [0.3, 0.4) is 0 Å². The van der Waals surface area contributed by atoms with Gasteiger partial charge in [0.15, 0.2) is 0 Å². The van der Waals surface area contributed by atoms with Gasteiger partial charge in [0.05, 0.1) is 27.9 Å². The van der Waals surface area contributed by atoms with Crippen molar-refractivity contribution < 1.29 is 9.72 Å². The van der Waals surface area contributed by atoms with Gasteiger partial charge in [0.25, 0.3) is 5.69 Å². The molecule has 1 aromatic heterocycles. The number of carbonyl (C=O) groups excluding carboxylic acids is 1. The maximum absolute atomic E-state index is 12.4. The van der Waals surface area contributed by atoms with Crippen LogP contribution in [0, 0.1) is 30.9 Å². The Labute approximate surface area is 183 Å². The molecule has 1 amide bonds. The normalized spacial score (nSPS) is 10.8. The van der Waals surface area contributed by atoms with Gasteiger partial charge in [-0.15, -0.1) is 0 Å². The minimum atomic E-state index is -0.466. The molecule has 1 heterocycles. The highest BCUT2D eigenvalue weighted by atomic mass is 35.5. The smallest absolute Gasteiger partial charge is 0.272 e. The lowest BCUT2D eigenvalue weighted by molar-refractivity contribution is -0.385. The number of nitro groups is 1. The highest BCUT2D eigenvalue weighted by Gasteiger charge is 2.14. The summed E-state index contributed by atoms with van der Waals surface area (Å²) >= 11 is 7.53. The van der Waals surface area contributed by atoms with Crippen molar-refractivity contribution in [2.24, 2.45) is 0 Å². The van der Waals surface area contributed by atoms with Crippen molar-refractivity contribution >= 4 is 40.6 Å². The van der Waals surface area contributed by atoms with E-state index in [0.29, 0.717) is 27.8 Å².